The van der Waals surface area contributed by atoms with Crippen LogP contribution >= 0.6 is 27.5 Å². The second-order valence-corrected chi connectivity index (χ2v) is 5.74. The first kappa shape index (κ1) is 14.6. The minimum atomic E-state index is -0.0712. The van der Waals surface area contributed by atoms with Crippen LogP contribution in [0.2, 0.25) is 5.02 Å². The summed E-state index contributed by atoms with van der Waals surface area (Å²) in [6.07, 6.45) is 4.19. The minimum absolute atomic E-state index is 0.0712. The van der Waals surface area contributed by atoms with Crippen LogP contribution in [0, 0.1) is 0 Å². The Morgan fingerprint density at radius 1 is 1.47 bits per heavy atom. The Labute approximate surface area is 126 Å². The molecule has 1 aromatic rings. The van der Waals surface area contributed by atoms with Crippen molar-refractivity contribution in [3.8, 4) is 0 Å². The molecule has 0 bridgehead atoms. The lowest BCUT2D eigenvalue weighted by molar-refractivity contribution is 0.0953. The number of hydrogen-bond donors (Lipinski definition) is 2. The SMILES string of the molecule is O=C(NCCC1=CCNCC1)c1ccc(Cl)cc1Br. The molecule has 2 rings (SSSR count). The summed E-state index contributed by atoms with van der Waals surface area (Å²) in [5, 5.41) is 6.82. The van der Waals surface area contributed by atoms with Crippen molar-refractivity contribution in [2.75, 3.05) is 19.6 Å². The first-order valence-corrected chi connectivity index (χ1v) is 7.46. The van der Waals surface area contributed by atoms with Crippen LogP contribution in [0.1, 0.15) is 23.2 Å². The molecular weight excluding hydrogens is 328 g/mol. The summed E-state index contributed by atoms with van der Waals surface area (Å²) < 4.78 is 0.721. The summed E-state index contributed by atoms with van der Waals surface area (Å²) in [7, 11) is 0. The zero-order valence-electron chi connectivity index (χ0n) is 10.5. The highest BCUT2D eigenvalue weighted by Crippen LogP contribution is 2.21. The Morgan fingerprint density at radius 3 is 3.00 bits per heavy atom. The molecule has 19 heavy (non-hydrogen) atoms. The van der Waals surface area contributed by atoms with E-state index in [2.05, 4.69) is 32.6 Å². The molecule has 2 N–H and O–H groups in total. The number of rotatable bonds is 4. The maximum atomic E-state index is 12.0. The summed E-state index contributed by atoms with van der Waals surface area (Å²) in [6, 6.07) is 5.17. The maximum Gasteiger partial charge on any atom is 0.252 e. The Morgan fingerprint density at radius 2 is 2.32 bits per heavy atom. The van der Waals surface area contributed by atoms with Gasteiger partial charge in [-0.15, -0.1) is 0 Å². The predicted molar refractivity (Wildman–Crippen MR) is 81.7 cm³/mol. The van der Waals surface area contributed by atoms with Gasteiger partial charge in [-0.1, -0.05) is 23.3 Å². The van der Waals surface area contributed by atoms with Crippen LogP contribution in [-0.4, -0.2) is 25.5 Å². The Kier molecular flexibility index (Phi) is 5.43. The van der Waals surface area contributed by atoms with Crippen LogP contribution in [0.15, 0.2) is 34.3 Å². The minimum Gasteiger partial charge on any atom is -0.352 e. The van der Waals surface area contributed by atoms with Crippen LogP contribution in [0.25, 0.3) is 0 Å². The van der Waals surface area contributed by atoms with Crippen molar-refractivity contribution in [2.24, 2.45) is 0 Å². The summed E-state index contributed by atoms with van der Waals surface area (Å²) in [4.78, 5) is 12.0. The standard InChI is InChI=1S/C14H16BrClN2O/c15-13-9-11(16)1-2-12(13)14(19)18-8-5-10-3-6-17-7-4-10/h1-3,9,17H,4-8H2,(H,18,19). The molecule has 102 valence electrons. The molecule has 0 aromatic heterocycles. The van der Waals surface area contributed by atoms with Crippen molar-refractivity contribution in [3.63, 3.8) is 0 Å². The molecule has 0 atom stereocenters. The molecule has 0 radical (unpaired) electrons. The van der Waals surface area contributed by atoms with Gasteiger partial charge in [-0.05, 0) is 53.5 Å². The van der Waals surface area contributed by atoms with Gasteiger partial charge in [0.25, 0.3) is 5.91 Å². The second-order valence-electron chi connectivity index (χ2n) is 4.45. The Balaban J connectivity index is 1.85. The molecule has 0 aliphatic carbocycles. The fourth-order valence-electron chi connectivity index (χ4n) is 2.00. The van der Waals surface area contributed by atoms with Gasteiger partial charge in [0.05, 0.1) is 5.56 Å². The second kappa shape index (κ2) is 7.08. The average molecular weight is 344 g/mol. The number of benzene rings is 1. The van der Waals surface area contributed by atoms with Gasteiger partial charge in [0.15, 0.2) is 0 Å². The summed E-state index contributed by atoms with van der Waals surface area (Å²) in [5.74, 6) is -0.0712. The molecule has 5 heteroatoms. The third kappa shape index (κ3) is 4.34. The molecule has 0 fully saturated rings. The van der Waals surface area contributed by atoms with Gasteiger partial charge in [0.1, 0.15) is 0 Å². The summed E-state index contributed by atoms with van der Waals surface area (Å²) in [5.41, 5.74) is 2.03. The number of carbonyl (C=O) groups is 1. The van der Waals surface area contributed by atoms with Gasteiger partial charge in [-0.25, -0.2) is 0 Å². The zero-order valence-corrected chi connectivity index (χ0v) is 12.9. The number of nitrogens with one attached hydrogen (secondary N) is 2. The molecule has 0 spiro atoms. The van der Waals surface area contributed by atoms with Gasteiger partial charge >= 0.3 is 0 Å². The third-order valence-corrected chi connectivity index (χ3v) is 3.96. The van der Waals surface area contributed by atoms with Crippen LogP contribution in [0.4, 0.5) is 0 Å². The quantitative estimate of drug-likeness (QED) is 0.825. The average Bonchev–Trinajstić information content (AvgIpc) is 2.39. The van der Waals surface area contributed by atoms with Crippen molar-refractivity contribution in [1.29, 1.82) is 0 Å². The van der Waals surface area contributed by atoms with Crippen LogP contribution in [0.3, 0.4) is 0 Å². The third-order valence-electron chi connectivity index (χ3n) is 3.07. The molecule has 1 aliphatic rings. The summed E-state index contributed by atoms with van der Waals surface area (Å²) in [6.45, 7) is 2.63. The zero-order chi connectivity index (χ0) is 13.7. The highest BCUT2D eigenvalue weighted by molar-refractivity contribution is 9.10. The fourth-order valence-corrected chi connectivity index (χ4v) is 2.86. The van der Waals surface area contributed by atoms with E-state index in [0.717, 1.165) is 30.4 Å². The van der Waals surface area contributed by atoms with Crippen molar-refractivity contribution in [3.05, 3.63) is 44.9 Å². The molecule has 0 saturated heterocycles. The highest BCUT2D eigenvalue weighted by Gasteiger charge is 2.10. The van der Waals surface area contributed by atoms with Gasteiger partial charge in [0.2, 0.25) is 0 Å². The van der Waals surface area contributed by atoms with E-state index in [9.17, 15) is 4.79 Å². The Hall–Kier alpha value is -0.840. The van der Waals surface area contributed by atoms with Gasteiger partial charge in [0, 0.05) is 22.6 Å². The van der Waals surface area contributed by atoms with E-state index in [0.29, 0.717) is 17.1 Å². The number of carbonyl (C=O) groups excluding carboxylic acids is 1. The predicted octanol–water partition coefficient (Wildman–Crippen LogP) is 3.14. The molecule has 1 aromatic carbocycles. The Bertz CT molecular complexity index is 502. The molecule has 1 heterocycles. The van der Waals surface area contributed by atoms with Crippen molar-refractivity contribution >= 4 is 33.4 Å². The van der Waals surface area contributed by atoms with E-state index in [1.165, 1.54) is 5.57 Å². The maximum absolute atomic E-state index is 12.0. The molecule has 1 amide bonds. The highest BCUT2D eigenvalue weighted by atomic mass is 79.9. The lowest BCUT2D eigenvalue weighted by atomic mass is 10.1. The van der Waals surface area contributed by atoms with Crippen LogP contribution in [-0.2, 0) is 0 Å². The first-order valence-electron chi connectivity index (χ1n) is 6.28. The number of halogens is 2. The molecule has 0 saturated carbocycles. The van der Waals surface area contributed by atoms with E-state index in [-0.39, 0.29) is 5.91 Å². The molecule has 0 unspecified atom stereocenters. The fraction of sp³-hybridized carbons (Fsp3) is 0.357. The number of amides is 1. The van der Waals surface area contributed by atoms with Crippen LogP contribution in [0.5, 0.6) is 0 Å². The lowest BCUT2D eigenvalue weighted by Gasteiger charge is -2.14. The van der Waals surface area contributed by atoms with E-state index < -0.39 is 0 Å². The van der Waals surface area contributed by atoms with Gasteiger partial charge < -0.3 is 10.6 Å². The van der Waals surface area contributed by atoms with Crippen molar-refractivity contribution in [2.45, 2.75) is 12.8 Å². The summed E-state index contributed by atoms with van der Waals surface area (Å²) >= 11 is 9.20. The van der Waals surface area contributed by atoms with Crippen LogP contribution < -0.4 is 10.6 Å². The molecule has 1 aliphatic heterocycles. The van der Waals surface area contributed by atoms with E-state index in [1.807, 2.05) is 0 Å². The largest absolute Gasteiger partial charge is 0.352 e. The number of hydrogen-bond acceptors (Lipinski definition) is 2. The first-order chi connectivity index (χ1) is 9.16. The normalized spacial score (nSPS) is 14.9. The van der Waals surface area contributed by atoms with Gasteiger partial charge in [-0.3, -0.25) is 4.79 Å². The molecule has 3 nitrogen and oxygen atoms in total. The van der Waals surface area contributed by atoms with E-state index in [1.54, 1.807) is 18.2 Å². The topological polar surface area (TPSA) is 41.1 Å². The monoisotopic (exact) mass is 342 g/mol. The van der Waals surface area contributed by atoms with Crippen molar-refractivity contribution < 1.29 is 4.79 Å². The van der Waals surface area contributed by atoms with E-state index >= 15 is 0 Å². The van der Waals surface area contributed by atoms with Gasteiger partial charge in [-0.2, -0.15) is 0 Å². The van der Waals surface area contributed by atoms with E-state index in [4.69, 9.17) is 11.6 Å². The lowest BCUT2D eigenvalue weighted by Crippen LogP contribution is -2.26. The smallest absolute Gasteiger partial charge is 0.252 e. The van der Waals surface area contributed by atoms with Crippen molar-refractivity contribution in [1.82, 2.24) is 10.6 Å². The molecular formula is C14H16BrClN2O.